The first-order valence-corrected chi connectivity index (χ1v) is 26.8. The first-order valence-electron chi connectivity index (χ1n) is 24.8. The van der Waals surface area contributed by atoms with Crippen LogP contribution in [0.5, 0.6) is 0 Å². The Morgan fingerprint density at radius 3 is 0.889 bits per heavy atom. The Balaban J connectivity index is 1.16. The highest BCUT2D eigenvalue weighted by Crippen LogP contribution is 2.55. The number of benzene rings is 9. The molecule has 4 bridgehead atoms. The van der Waals surface area contributed by atoms with Gasteiger partial charge in [-0.05, 0) is 110 Å². The Morgan fingerprint density at radius 2 is 0.569 bits per heavy atom. The van der Waals surface area contributed by atoms with Crippen LogP contribution in [0.4, 0.5) is 68.2 Å². The number of para-hydroxylation sites is 4. The molecule has 2 aliphatic heterocycles. The Bertz CT molecular complexity index is 3420. The van der Waals surface area contributed by atoms with Gasteiger partial charge in [0.1, 0.15) is 78.5 Å². The fourth-order valence-electron chi connectivity index (χ4n) is 11.0. The van der Waals surface area contributed by atoms with Gasteiger partial charge < -0.3 is 19.6 Å². The summed E-state index contributed by atoms with van der Waals surface area (Å²) in [5, 5.41) is 0.646. The summed E-state index contributed by atoms with van der Waals surface area (Å²) in [4.78, 5) is 14.3. The number of hydrogen-bond donors (Lipinski definition) is 0. The third kappa shape index (κ3) is 7.96. The standard InChI is InChI=1S/C55H49B10ClN4S2/c1-28-24-37(67-29-12-10-14-31(26-29)69(54-49(62)45(58)43(56)46(59)50(54)63)35-18-4-8-22-41(35)71-39-20-6-2-16-33(39)67)53(66)38(25-28)68-30-13-11-15-32(27-30)70(55-51(64)47(60)44(57)48(61)52(55)65)36-19-5-9-23-42(36)72-40-21-7-3-17-34(40)68/h2-27H,56-65H2,1H3. The second-order valence-corrected chi connectivity index (χ2v) is 22.1. The predicted molar refractivity (Wildman–Crippen MR) is 345 cm³/mol. The van der Waals surface area contributed by atoms with Crippen LogP contribution < -0.4 is 74.2 Å². The van der Waals surface area contributed by atoms with Crippen LogP contribution in [-0.4, -0.2) is 78.5 Å². The molecule has 9 aromatic rings. The van der Waals surface area contributed by atoms with Gasteiger partial charge in [-0.25, -0.2) is 0 Å². The molecule has 0 radical (unpaired) electrons. The molecule has 2 aliphatic rings. The lowest BCUT2D eigenvalue weighted by Crippen LogP contribution is -2.56. The van der Waals surface area contributed by atoms with Crippen molar-refractivity contribution in [3.63, 3.8) is 0 Å². The minimum Gasteiger partial charge on any atom is -0.310 e. The number of fused-ring (bicyclic) bond motifs is 8. The van der Waals surface area contributed by atoms with Gasteiger partial charge >= 0.3 is 0 Å². The third-order valence-corrected chi connectivity index (χ3v) is 18.2. The molecular weight excluding hydrogens is 924 g/mol. The Morgan fingerprint density at radius 1 is 0.306 bits per heavy atom. The molecule has 0 spiro atoms. The quantitative estimate of drug-likeness (QED) is 0.230. The van der Waals surface area contributed by atoms with Crippen molar-refractivity contribution in [3.8, 4) is 0 Å². The smallest absolute Gasteiger partial charge is 0.141 e. The topological polar surface area (TPSA) is 13.0 Å². The van der Waals surface area contributed by atoms with Crippen LogP contribution in [-0.2, 0) is 0 Å². The van der Waals surface area contributed by atoms with Crippen LogP contribution in [0.1, 0.15) is 5.56 Å². The average Bonchev–Trinajstić information content (AvgIpc) is 3.39. The van der Waals surface area contributed by atoms with Gasteiger partial charge in [-0.15, -0.1) is 10.9 Å². The molecule has 0 aromatic heterocycles. The van der Waals surface area contributed by atoms with Crippen molar-refractivity contribution in [2.24, 2.45) is 0 Å². The highest BCUT2D eigenvalue weighted by molar-refractivity contribution is 8.00. The molecule has 17 heteroatoms. The van der Waals surface area contributed by atoms with E-state index in [1.807, 2.05) is 0 Å². The highest BCUT2D eigenvalue weighted by Gasteiger charge is 2.31. The minimum absolute atomic E-state index is 0.646. The van der Waals surface area contributed by atoms with Gasteiger partial charge in [0, 0.05) is 53.7 Å². The highest BCUT2D eigenvalue weighted by atomic mass is 35.5. The van der Waals surface area contributed by atoms with E-state index < -0.39 is 0 Å². The number of halogens is 1. The summed E-state index contributed by atoms with van der Waals surface area (Å²) >= 11 is 11.8. The number of nitrogens with zero attached hydrogens (tertiary/aromatic N) is 4. The van der Waals surface area contributed by atoms with Crippen molar-refractivity contribution in [2.45, 2.75) is 26.5 Å². The van der Waals surface area contributed by atoms with Gasteiger partial charge in [0.15, 0.2) is 0 Å². The molecule has 338 valence electrons. The molecule has 11 rings (SSSR count). The first kappa shape index (κ1) is 48.1. The van der Waals surface area contributed by atoms with E-state index in [4.69, 9.17) is 11.6 Å². The van der Waals surface area contributed by atoms with Crippen LogP contribution in [0.25, 0.3) is 0 Å². The van der Waals surface area contributed by atoms with Gasteiger partial charge in [0.25, 0.3) is 0 Å². The molecule has 0 aliphatic carbocycles. The van der Waals surface area contributed by atoms with E-state index in [0.29, 0.717) is 5.02 Å². The summed E-state index contributed by atoms with van der Waals surface area (Å²) in [6.07, 6.45) is 0. The predicted octanol–water partition coefficient (Wildman–Crippen LogP) is 0.0408. The fourth-order valence-corrected chi connectivity index (χ4v) is 13.4. The van der Waals surface area contributed by atoms with E-state index in [2.05, 4.69) is 263 Å². The molecule has 0 saturated heterocycles. The van der Waals surface area contributed by atoms with Gasteiger partial charge in [-0.3, -0.25) is 0 Å². The van der Waals surface area contributed by atoms with Crippen molar-refractivity contribution in [3.05, 3.63) is 168 Å². The lowest BCUT2D eigenvalue weighted by molar-refractivity contribution is 1.17. The molecule has 0 amide bonds. The maximum Gasteiger partial charge on any atom is 0.141 e. The summed E-state index contributed by atoms with van der Waals surface area (Å²) in [6, 6.07) is 57.8. The van der Waals surface area contributed by atoms with E-state index in [-0.39, 0.29) is 0 Å². The molecular formula is C55H49B10ClN4S2. The monoisotopic (exact) mass is 974 g/mol. The SMILES string of the molecule is Bc1c(B)c(B)c(N2c3cccc(c3)N(c3cc(C)cc(N4c5cccc(c5)N(c5c(B)c(B)c(B)c(B)c5B)c5ccccc5Sc5ccccc54)c3Cl)c3ccccc3Sc3ccccc32)c(B)c1B. The minimum atomic E-state index is 0.646. The first-order chi connectivity index (χ1) is 34.7. The van der Waals surface area contributed by atoms with E-state index in [1.165, 1.54) is 75.8 Å². The number of anilines is 12. The summed E-state index contributed by atoms with van der Waals surface area (Å²) in [5.74, 6) is 0. The average molecular weight is 974 g/mol. The number of hydrogen-bond acceptors (Lipinski definition) is 6. The van der Waals surface area contributed by atoms with Crippen LogP contribution >= 0.6 is 35.1 Å². The summed E-state index contributed by atoms with van der Waals surface area (Å²) in [6.45, 7) is 2.19. The fraction of sp³-hybridized carbons (Fsp3) is 0.0182. The Labute approximate surface area is 447 Å². The molecule has 2 heterocycles. The largest absolute Gasteiger partial charge is 0.310 e. The molecule has 0 saturated carbocycles. The zero-order chi connectivity index (χ0) is 50.3. The molecule has 72 heavy (non-hydrogen) atoms. The van der Waals surface area contributed by atoms with Crippen molar-refractivity contribution in [1.29, 1.82) is 0 Å². The van der Waals surface area contributed by atoms with Crippen LogP contribution in [0.15, 0.2) is 177 Å². The van der Waals surface area contributed by atoms with E-state index in [0.717, 1.165) is 72.2 Å². The van der Waals surface area contributed by atoms with Gasteiger partial charge in [0.05, 0.1) is 39.1 Å². The second-order valence-electron chi connectivity index (χ2n) is 19.5. The molecule has 0 unspecified atom stereocenters. The lowest BCUT2D eigenvalue weighted by Gasteiger charge is -2.37. The van der Waals surface area contributed by atoms with Gasteiger partial charge in [0.2, 0.25) is 0 Å². The number of rotatable bonds is 4. The van der Waals surface area contributed by atoms with Crippen molar-refractivity contribution < 1.29 is 0 Å². The Hall–Kier alpha value is -6.18. The van der Waals surface area contributed by atoms with Crippen molar-refractivity contribution in [1.82, 2.24) is 0 Å². The Kier molecular flexibility index (Phi) is 12.7. The molecule has 0 atom stereocenters. The molecule has 0 fully saturated rings. The summed E-state index contributed by atoms with van der Waals surface area (Å²) in [7, 11) is 22.7. The summed E-state index contributed by atoms with van der Waals surface area (Å²) < 4.78 is 0. The van der Waals surface area contributed by atoms with Crippen molar-refractivity contribution >= 4 is 236 Å². The maximum atomic E-state index is 8.21. The zero-order valence-electron chi connectivity index (χ0n) is 43.0. The van der Waals surface area contributed by atoms with Crippen LogP contribution in [0, 0.1) is 6.92 Å². The van der Waals surface area contributed by atoms with E-state index in [1.54, 1.807) is 23.5 Å². The molecule has 0 N–H and O–H groups in total. The van der Waals surface area contributed by atoms with E-state index >= 15 is 0 Å². The normalized spacial score (nSPS) is 12.9. The van der Waals surface area contributed by atoms with Gasteiger partial charge in [-0.1, -0.05) is 139 Å². The second kappa shape index (κ2) is 19.0. The molecule has 9 aromatic carbocycles. The van der Waals surface area contributed by atoms with Gasteiger partial charge in [-0.2, -0.15) is 0 Å². The van der Waals surface area contributed by atoms with Crippen LogP contribution in [0.3, 0.4) is 0 Å². The van der Waals surface area contributed by atoms with E-state index in [9.17, 15) is 0 Å². The number of aryl methyl sites for hydroxylation is 1. The molecule has 4 nitrogen and oxygen atoms in total. The van der Waals surface area contributed by atoms with Crippen molar-refractivity contribution in [2.75, 3.05) is 19.6 Å². The maximum absolute atomic E-state index is 8.21. The zero-order valence-corrected chi connectivity index (χ0v) is 45.4. The lowest BCUT2D eigenvalue weighted by atomic mass is 9.61. The summed E-state index contributed by atoms with van der Waals surface area (Å²) in [5.41, 5.74) is 27.0. The third-order valence-electron chi connectivity index (χ3n) is 15.6. The van der Waals surface area contributed by atoms with Crippen LogP contribution in [0.2, 0.25) is 5.02 Å².